The number of ether oxygens (including phenoxy) is 1. The monoisotopic (exact) mass is 194 g/mol. The standard InChI is InChI=1S/C12H18O2/c1-2-14-12(13)8-11-7-9-3-5-10(11)6-4-9/h8-10H,2-7H2,1H3. The van der Waals surface area contributed by atoms with Crippen molar-refractivity contribution < 1.29 is 9.53 Å². The van der Waals surface area contributed by atoms with Crippen LogP contribution in [0, 0.1) is 11.8 Å². The van der Waals surface area contributed by atoms with Gasteiger partial charge in [0, 0.05) is 6.08 Å². The topological polar surface area (TPSA) is 26.3 Å². The molecule has 0 unspecified atom stereocenters. The van der Waals surface area contributed by atoms with Crippen LogP contribution in [-0.4, -0.2) is 12.6 Å². The van der Waals surface area contributed by atoms with Gasteiger partial charge in [-0.15, -0.1) is 0 Å². The average molecular weight is 194 g/mol. The van der Waals surface area contributed by atoms with E-state index >= 15 is 0 Å². The van der Waals surface area contributed by atoms with Gasteiger partial charge >= 0.3 is 5.97 Å². The molecule has 0 atom stereocenters. The highest BCUT2D eigenvalue weighted by molar-refractivity contribution is 5.82. The minimum absolute atomic E-state index is 0.143. The molecule has 3 saturated carbocycles. The summed E-state index contributed by atoms with van der Waals surface area (Å²) in [6.45, 7) is 2.33. The fourth-order valence-corrected chi connectivity index (χ4v) is 2.75. The number of carbonyl (C=O) groups is 1. The van der Waals surface area contributed by atoms with Gasteiger partial charge in [0.2, 0.25) is 0 Å². The zero-order chi connectivity index (χ0) is 9.97. The average Bonchev–Trinajstić information content (AvgIpc) is 2.19. The van der Waals surface area contributed by atoms with Crippen molar-refractivity contribution in [3.05, 3.63) is 11.6 Å². The highest BCUT2D eigenvalue weighted by atomic mass is 16.5. The molecular weight excluding hydrogens is 176 g/mol. The number of hydrogen-bond acceptors (Lipinski definition) is 2. The third-order valence-corrected chi connectivity index (χ3v) is 3.49. The number of carbonyl (C=O) groups excluding carboxylic acids is 1. The maximum absolute atomic E-state index is 11.3. The molecule has 0 amide bonds. The Morgan fingerprint density at radius 3 is 2.64 bits per heavy atom. The molecule has 0 aliphatic heterocycles. The minimum atomic E-state index is -0.143. The molecule has 14 heavy (non-hydrogen) atoms. The Labute approximate surface area is 85.3 Å². The molecular formula is C12H18O2. The van der Waals surface area contributed by atoms with Crippen molar-refractivity contribution in [2.24, 2.45) is 11.8 Å². The van der Waals surface area contributed by atoms with Gasteiger partial charge < -0.3 is 4.74 Å². The SMILES string of the molecule is CCOC(=O)C=C1CC2CCC1CC2. The number of allylic oxidation sites excluding steroid dienone is 1. The van der Waals surface area contributed by atoms with Crippen LogP contribution in [0.5, 0.6) is 0 Å². The Morgan fingerprint density at radius 1 is 1.43 bits per heavy atom. The molecule has 0 aromatic carbocycles. The van der Waals surface area contributed by atoms with Gasteiger partial charge in [-0.25, -0.2) is 4.79 Å². The number of hydrogen-bond donors (Lipinski definition) is 0. The normalized spacial score (nSPS) is 33.4. The molecule has 0 radical (unpaired) electrons. The molecule has 3 aliphatic rings. The summed E-state index contributed by atoms with van der Waals surface area (Å²) in [7, 11) is 0. The van der Waals surface area contributed by atoms with Crippen LogP contribution in [0.25, 0.3) is 0 Å². The van der Waals surface area contributed by atoms with E-state index in [9.17, 15) is 4.79 Å². The van der Waals surface area contributed by atoms with Crippen molar-refractivity contribution >= 4 is 5.97 Å². The van der Waals surface area contributed by atoms with Gasteiger partial charge in [-0.1, -0.05) is 5.57 Å². The van der Waals surface area contributed by atoms with Crippen molar-refractivity contribution in [3.63, 3.8) is 0 Å². The zero-order valence-electron chi connectivity index (χ0n) is 8.79. The van der Waals surface area contributed by atoms with E-state index < -0.39 is 0 Å². The first-order chi connectivity index (χ1) is 6.79. The van der Waals surface area contributed by atoms with Crippen LogP contribution in [0.3, 0.4) is 0 Å². The van der Waals surface area contributed by atoms with Gasteiger partial charge in [0.15, 0.2) is 0 Å². The summed E-state index contributed by atoms with van der Waals surface area (Å²) in [6.07, 6.45) is 8.20. The van der Waals surface area contributed by atoms with Crippen LogP contribution in [0.4, 0.5) is 0 Å². The lowest BCUT2D eigenvalue weighted by molar-refractivity contribution is -0.137. The van der Waals surface area contributed by atoms with Crippen molar-refractivity contribution in [3.8, 4) is 0 Å². The molecule has 0 spiro atoms. The fraction of sp³-hybridized carbons (Fsp3) is 0.750. The maximum Gasteiger partial charge on any atom is 0.330 e. The van der Waals surface area contributed by atoms with E-state index in [1.165, 1.54) is 31.3 Å². The minimum Gasteiger partial charge on any atom is -0.463 e. The predicted octanol–water partition coefficient (Wildman–Crippen LogP) is 2.69. The van der Waals surface area contributed by atoms with Crippen LogP contribution in [0.2, 0.25) is 0 Å². The lowest BCUT2D eigenvalue weighted by atomic mass is 9.68. The van der Waals surface area contributed by atoms with E-state index in [0.717, 1.165) is 12.3 Å². The first-order valence-electron chi connectivity index (χ1n) is 5.66. The first kappa shape index (κ1) is 9.75. The summed E-state index contributed by atoms with van der Waals surface area (Å²) in [6, 6.07) is 0. The summed E-state index contributed by atoms with van der Waals surface area (Å²) in [5.41, 5.74) is 1.35. The second-order valence-electron chi connectivity index (χ2n) is 4.39. The van der Waals surface area contributed by atoms with Gasteiger partial charge in [-0.2, -0.15) is 0 Å². The lowest BCUT2D eigenvalue weighted by Crippen LogP contribution is -2.25. The van der Waals surface area contributed by atoms with Gasteiger partial charge in [-0.05, 0) is 50.9 Å². The van der Waals surface area contributed by atoms with Crippen LogP contribution < -0.4 is 0 Å². The second-order valence-corrected chi connectivity index (χ2v) is 4.39. The summed E-state index contributed by atoms with van der Waals surface area (Å²) in [5, 5.41) is 0. The first-order valence-corrected chi connectivity index (χ1v) is 5.66. The van der Waals surface area contributed by atoms with E-state index in [2.05, 4.69) is 0 Å². The lowest BCUT2D eigenvalue weighted by Gasteiger charge is -2.37. The molecule has 78 valence electrons. The van der Waals surface area contributed by atoms with Crippen LogP contribution in [-0.2, 0) is 9.53 Å². The smallest absolute Gasteiger partial charge is 0.330 e. The van der Waals surface area contributed by atoms with Crippen molar-refractivity contribution in [2.75, 3.05) is 6.61 Å². The highest BCUT2D eigenvalue weighted by Crippen LogP contribution is 2.44. The Balaban J connectivity index is 2.00. The van der Waals surface area contributed by atoms with E-state index in [4.69, 9.17) is 4.74 Å². The maximum atomic E-state index is 11.3. The largest absolute Gasteiger partial charge is 0.463 e. The molecule has 0 heterocycles. The van der Waals surface area contributed by atoms with Crippen LogP contribution in [0.15, 0.2) is 11.6 Å². The predicted molar refractivity (Wildman–Crippen MR) is 54.8 cm³/mol. The second kappa shape index (κ2) is 4.16. The third kappa shape index (κ3) is 1.99. The Bertz CT molecular complexity index is 247. The molecule has 0 saturated heterocycles. The van der Waals surface area contributed by atoms with E-state index in [-0.39, 0.29) is 5.97 Å². The summed E-state index contributed by atoms with van der Waals surface area (Å²) in [5.74, 6) is 1.39. The fourth-order valence-electron chi connectivity index (χ4n) is 2.75. The third-order valence-electron chi connectivity index (χ3n) is 3.49. The molecule has 2 bridgehead atoms. The Kier molecular flexibility index (Phi) is 2.90. The molecule has 3 aliphatic carbocycles. The Morgan fingerprint density at radius 2 is 2.14 bits per heavy atom. The quantitative estimate of drug-likeness (QED) is 0.499. The molecule has 0 aromatic heterocycles. The van der Waals surface area contributed by atoms with Gasteiger partial charge in [0.1, 0.15) is 0 Å². The van der Waals surface area contributed by atoms with E-state index in [1.54, 1.807) is 6.08 Å². The molecule has 2 heteroatoms. The summed E-state index contributed by atoms with van der Waals surface area (Å²) < 4.78 is 4.94. The van der Waals surface area contributed by atoms with Gasteiger partial charge in [-0.3, -0.25) is 0 Å². The summed E-state index contributed by atoms with van der Waals surface area (Å²) in [4.78, 5) is 11.3. The number of rotatable bonds is 2. The number of fused-ring (bicyclic) bond motifs is 3. The number of esters is 1. The van der Waals surface area contributed by atoms with Crippen molar-refractivity contribution in [2.45, 2.75) is 39.0 Å². The highest BCUT2D eigenvalue weighted by Gasteiger charge is 2.31. The van der Waals surface area contributed by atoms with Gasteiger partial charge in [0.05, 0.1) is 6.61 Å². The Hall–Kier alpha value is -0.790. The van der Waals surface area contributed by atoms with Crippen molar-refractivity contribution in [1.82, 2.24) is 0 Å². The van der Waals surface area contributed by atoms with E-state index in [0.29, 0.717) is 12.5 Å². The zero-order valence-corrected chi connectivity index (χ0v) is 8.79. The van der Waals surface area contributed by atoms with Crippen LogP contribution >= 0.6 is 0 Å². The molecule has 2 nitrogen and oxygen atoms in total. The molecule has 3 fully saturated rings. The molecule has 0 N–H and O–H groups in total. The van der Waals surface area contributed by atoms with Crippen LogP contribution in [0.1, 0.15) is 39.0 Å². The van der Waals surface area contributed by atoms with Crippen molar-refractivity contribution in [1.29, 1.82) is 0 Å². The van der Waals surface area contributed by atoms with E-state index in [1.807, 2.05) is 6.92 Å². The molecule has 3 rings (SSSR count). The summed E-state index contributed by atoms with van der Waals surface area (Å²) >= 11 is 0. The molecule has 0 aromatic rings. The van der Waals surface area contributed by atoms with Gasteiger partial charge in [0.25, 0.3) is 0 Å².